The average Bonchev–Trinajstić information content (AvgIpc) is 2.89. The van der Waals surface area contributed by atoms with Crippen molar-refractivity contribution < 1.29 is 4.79 Å². The second kappa shape index (κ2) is 19.1. The van der Waals surface area contributed by atoms with Gasteiger partial charge in [0.05, 0.1) is 5.71 Å². The first-order valence-electron chi connectivity index (χ1n) is 15.6. The fourth-order valence-corrected chi connectivity index (χ4v) is 6.28. The third-order valence-electron chi connectivity index (χ3n) is 8.54. The Labute approximate surface area is 241 Å². The van der Waals surface area contributed by atoms with Gasteiger partial charge in [0.25, 0.3) is 0 Å². The Kier molecular flexibility index (Phi) is 17.1. The van der Waals surface area contributed by atoms with Crippen LogP contribution >= 0.6 is 0 Å². The summed E-state index contributed by atoms with van der Waals surface area (Å²) in [6, 6.07) is 1.07. The molecule has 0 aromatic heterocycles. The van der Waals surface area contributed by atoms with Gasteiger partial charge in [-0.1, -0.05) is 78.2 Å². The number of carbonyl (C=O) groups excluding carboxylic acids is 1. The molecule has 2 atom stereocenters. The predicted octanol–water partition coefficient (Wildman–Crippen LogP) is 7.50. The lowest BCUT2D eigenvalue weighted by molar-refractivity contribution is 0.123. The molecule has 3 saturated carbocycles. The van der Waals surface area contributed by atoms with Crippen LogP contribution in [0.15, 0.2) is 22.4 Å². The molecule has 3 rings (SSSR count). The number of allylic oxidation sites excluding steroid dienone is 2. The van der Waals surface area contributed by atoms with Crippen LogP contribution in [0, 0.1) is 17.3 Å². The fraction of sp³-hybridized carbons (Fsp3) is 0.844. The van der Waals surface area contributed by atoms with E-state index in [1.165, 1.54) is 83.5 Å². The van der Waals surface area contributed by atoms with E-state index < -0.39 is 0 Å². The van der Waals surface area contributed by atoms with Crippen molar-refractivity contribution in [3.05, 3.63) is 12.2 Å². The summed E-state index contributed by atoms with van der Waals surface area (Å²) in [5, 5.41) is 11.2. The molecule has 0 heterocycles. The van der Waals surface area contributed by atoms with Crippen LogP contribution in [0.25, 0.3) is 0 Å². The molecule has 2 unspecified atom stereocenters. The van der Waals surface area contributed by atoms with Crippen molar-refractivity contribution in [2.24, 2.45) is 27.5 Å². The zero-order valence-corrected chi connectivity index (χ0v) is 26.9. The van der Waals surface area contributed by atoms with E-state index in [9.17, 15) is 4.79 Å². The van der Waals surface area contributed by atoms with Crippen molar-refractivity contribution >= 4 is 17.5 Å². The van der Waals surface area contributed by atoms with Crippen LogP contribution in [0.3, 0.4) is 0 Å². The number of rotatable bonds is 6. The van der Waals surface area contributed by atoms with Crippen LogP contribution in [0.2, 0.25) is 0 Å². The Balaban J connectivity index is 0.000000325. The van der Waals surface area contributed by atoms with E-state index in [0.717, 1.165) is 17.3 Å². The molecule has 0 aliphatic heterocycles. The molecule has 7 heteroatoms. The van der Waals surface area contributed by atoms with Gasteiger partial charge in [0.2, 0.25) is 0 Å². The molecule has 0 radical (unpaired) electrons. The highest BCUT2D eigenvalue weighted by Crippen LogP contribution is 2.44. The van der Waals surface area contributed by atoms with Gasteiger partial charge < -0.3 is 21.1 Å². The molecule has 3 fully saturated rings. The molecule has 7 nitrogen and oxygen atoms in total. The molecule has 2 amide bonds. The molecule has 3 N–H and O–H groups in total. The van der Waals surface area contributed by atoms with Crippen molar-refractivity contribution in [2.45, 2.75) is 137 Å². The second-order valence-electron chi connectivity index (χ2n) is 12.7. The van der Waals surface area contributed by atoms with Gasteiger partial charge >= 0.3 is 6.03 Å². The van der Waals surface area contributed by atoms with E-state index in [4.69, 9.17) is 0 Å². The Morgan fingerprint density at radius 2 is 1.41 bits per heavy atom. The Bertz CT molecular complexity index is 759. The summed E-state index contributed by atoms with van der Waals surface area (Å²) in [4.78, 5) is 14.1. The molecular weight excluding hydrogens is 484 g/mol. The average molecular weight is 547 g/mol. The van der Waals surface area contributed by atoms with Crippen LogP contribution in [0.1, 0.15) is 125 Å². The summed E-state index contributed by atoms with van der Waals surface area (Å²) in [5.41, 5.74) is 8.02. The van der Waals surface area contributed by atoms with E-state index in [0.29, 0.717) is 23.4 Å². The van der Waals surface area contributed by atoms with Crippen molar-refractivity contribution in [1.29, 1.82) is 0 Å². The van der Waals surface area contributed by atoms with E-state index >= 15 is 0 Å². The summed E-state index contributed by atoms with van der Waals surface area (Å²) in [6.45, 7) is 13.1. The van der Waals surface area contributed by atoms with Crippen LogP contribution in [0.4, 0.5) is 4.79 Å². The summed E-state index contributed by atoms with van der Waals surface area (Å²) in [6.07, 6.45) is 21.1. The molecule has 3 aliphatic rings. The summed E-state index contributed by atoms with van der Waals surface area (Å²) in [5.74, 6) is 1.48. The molecule has 0 bridgehead atoms. The van der Waals surface area contributed by atoms with Crippen molar-refractivity contribution in [2.75, 3.05) is 21.1 Å². The smallest absolute Gasteiger partial charge is 0.317 e. The third-order valence-corrected chi connectivity index (χ3v) is 8.54. The Morgan fingerprint density at radius 3 is 1.90 bits per heavy atom. The van der Waals surface area contributed by atoms with Crippen molar-refractivity contribution in [3.63, 3.8) is 0 Å². The van der Waals surface area contributed by atoms with E-state index in [1.54, 1.807) is 7.05 Å². The van der Waals surface area contributed by atoms with Gasteiger partial charge in [-0.2, -0.15) is 10.2 Å². The lowest BCUT2D eigenvalue weighted by Gasteiger charge is -2.41. The maximum Gasteiger partial charge on any atom is 0.317 e. The van der Waals surface area contributed by atoms with Gasteiger partial charge in [-0.05, 0) is 76.2 Å². The molecule has 0 spiro atoms. The maximum absolute atomic E-state index is 12.1. The highest BCUT2D eigenvalue weighted by molar-refractivity contribution is 5.92. The standard InChI is InChI=1S/C14H26N2O.C14H26N2.C4H10N2/c1-16(13-10-6-3-7-11-13)14(17)15-12-8-4-2-5-9-12;1-11-7-6-10-14(3,4)13(11)9-8-12(2)16-15-5;1-4(2)6-5-3/h12-13H,2-11H2,1H3,(H,15,17);8-9,11,13,15H,6-7,10H2,1-5H3;5H,1-3H3/b;9-8+,16-12?;. The van der Waals surface area contributed by atoms with Crippen LogP contribution in [-0.2, 0) is 0 Å². The summed E-state index contributed by atoms with van der Waals surface area (Å²) >= 11 is 0. The van der Waals surface area contributed by atoms with Gasteiger partial charge in [0, 0.05) is 38.9 Å². The molecule has 0 aromatic rings. The SMILES string of the molecule is CN(C(=O)NC1CCCCC1)C1CCCCC1.CNN=C(C)/C=C/C1C(C)CCCC1(C)C.CNN=C(C)C. The molecule has 39 heavy (non-hydrogen) atoms. The first-order chi connectivity index (χ1) is 18.5. The first-order valence-corrected chi connectivity index (χ1v) is 15.6. The van der Waals surface area contributed by atoms with Gasteiger partial charge in [-0.25, -0.2) is 4.79 Å². The Morgan fingerprint density at radius 1 is 0.846 bits per heavy atom. The molecule has 3 aliphatic carbocycles. The molecule has 226 valence electrons. The Hall–Kier alpha value is -2.05. The molecule has 0 saturated heterocycles. The highest BCUT2D eigenvalue weighted by Gasteiger charge is 2.34. The van der Waals surface area contributed by atoms with E-state index in [2.05, 4.69) is 59.3 Å². The predicted molar refractivity (Wildman–Crippen MR) is 169 cm³/mol. The second-order valence-corrected chi connectivity index (χ2v) is 12.7. The minimum atomic E-state index is 0.156. The topological polar surface area (TPSA) is 81.1 Å². The number of carbonyl (C=O) groups is 1. The van der Waals surface area contributed by atoms with Crippen molar-refractivity contribution in [3.8, 4) is 0 Å². The first kappa shape index (κ1) is 35.0. The minimum Gasteiger partial charge on any atom is -0.335 e. The third kappa shape index (κ3) is 14.2. The van der Waals surface area contributed by atoms with E-state index in [1.807, 2.05) is 39.8 Å². The normalized spacial score (nSPS) is 23.9. The largest absolute Gasteiger partial charge is 0.335 e. The zero-order valence-electron chi connectivity index (χ0n) is 26.9. The molecular formula is C32H62N6O. The van der Waals surface area contributed by atoms with Gasteiger partial charge in [0.15, 0.2) is 0 Å². The summed E-state index contributed by atoms with van der Waals surface area (Å²) in [7, 11) is 5.59. The van der Waals surface area contributed by atoms with Crippen molar-refractivity contribution in [1.82, 2.24) is 21.1 Å². The van der Waals surface area contributed by atoms with Crippen LogP contribution in [-0.4, -0.2) is 55.6 Å². The number of hydrogen-bond acceptors (Lipinski definition) is 5. The quantitative estimate of drug-likeness (QED) is 0.238. The monoisotopic (exact) mass is 546 g/mol. The van der Waals surface area contributed by atoms with Gasteiger partial charge in [0.1, 0.15) is 0 Å². The fourth-order valence-electron chi connectivity index (χ4n) is 6.28. The minimum absolute atomic E-state index is 0.156. The number of nitrogens with one attached hydrogen (secondary N) is 3. The van der Waals surface area contributed by atoms with E-state index in [-0.39, 0.29) is 6.03 Å². The summed E-state index contributed by atoms with van der Waals surface area (Å²) < 4.78 is 0. The lowest BCUT2D eigenvalue weighted by Crippen LogP contribution is -2.48. The number of hydrazone groups is 2. The number of urea groups is 1. The number of nitrogens with zero attached hydrogens (tertiary/aromatic N) is 3. The van der Waals surface area contributed by atoms with Gasteiger partial charge in [-0.3, -0.25) is 0 Å². The number of amides is 2. The molecule has 0 aromatic carbocycles. The van der Waals surface area contributed by atoms with Crippen LogP contribution in [0.5, 0.6) is 0 Å². The zero-order chi connectivity index (χ0) is 29.3. The van der Waals surface area contributed by atoms with Gasteiger partial charge in [-0.15, -0.1) is 0 Å². The lowest BCUT2D eigenvalue weighted by atomic mass is 9.64. The van der Waals surface area contributed by atoms with Crippen LogP contribution < -0.4 is 16.2 Å². The number of hydrogen-bond donors (Lipinski definition) is 3. The highest BCUT2D eigenvalue weighted by atomic mass is 16.2. The maximum atomic E-state index is 12.1.